The van der Waals surface area contributed by atoms with Crippen LogP contribution >= 0.6 is 11.3 Å². The van der Waals surface area contributed by atoms with Crippen LogP contribution in [0.1, 0.15) is 23.7 Å². The van der Waals surface area contributed by atoms with Gasteiger partial charge in [0.25, 0.3) is 0 Å². The first kappa shape index (κ1) is 11.5. The van der Waals surface area contributed by atoms with Crippen LogP contribution in [0, 0.1) is 22.4 Å². The summed E-state index contributed by atoms with van der Waals surface area (Å²) >= 11 is 0.772. The van der Waals surface area contributed by atoms with E-state index in [1.165, 1.54) is 5.38 Å². The fourth-order valence-electron chi connectivity index (χ4n) is 1.09. The molecule has 0 aliphatic carbocycles. The molecule has 0 amide bonds. The molecule has 1 heterocycles. The first-order valence-electron chi connectivity index (χ1n) is 4.30. The van der Waals surface area contributed by atoms with Crippen LogP contribution in [0.2, 0.25) is 0 Å². The molecule has 15 heavy (non-hydrogen) atoms. The third-order valence-corrected chi connectivity index (χ3v) is 2.63. The number of ketones is 2. The number of carbonyl (C=O) groups is 2. The highest BCUT2D eigenvalue weighted by molar-refractivity contribution is 7.08. The number of nitriles is 1. The molecule has 1 aromatic heterocycles. The molecule has 0 aromatic carbocycles. The smallest absolute Gasteiger partial charge is 0.188 e. The molecule has 0 spiro atoms. The first-order chi connectivity index (χ1) is 7.10. The summed E-state index contributed by atoms with van der Waals surface area (Å²) in [4.78, 5) is 22.8. The average molecular weight is 225 g/mol. The second kappa shape index (κ2) is 4.80. The number of nitrogens with zero attached hydrogens (tertiary/aromatic N) is 1. The second-order valence-electron chi connectivity index (χ2n) is 2.89. The number of halogens is 1. The zero-order valence-corrected chi connectivity index (χ0v) is 8.81. The topological polar surface area (TPSA) is 57.9 Å². The van der Waals surface area contributed by atoms with Crippen molar-refractivity contribution in [3.63, 3.8) is 0 Å². The van der Waals surface area contributed by atoms with Gasteiger partial charge in [0, 0.05) is 17.4 Å². The van der Waals surface area contributed by atoms with Gasteiger partial charge >= 0.3 is 0 Å². The van der Waals surface area contributed by atoms with Gasteiger partial charge in [-0.3, -0.25) is 9.59 Å². The molecule has 0 aliphatic rings. The molecule has 1 unspecified atom stereocenters. The quantitative estimate of drug-likeness (QED) is 0.583. The Bertz CT molecular complexity index is 433. The van der Waals surface area contributed by atoms with E-state index in [9.17, 15) is 14.0 Å². The van der Waals surface area contributed by atoms with E-state index in [0.717, 1.165) is 17.4 Å². The van der Waals surface area contributed by atoms with Crippen LogP contribution in [0.4, 0.5) is 4.39 Å². The van der Waals surface area contributed by atoms with Crippen molar-refractivity contribution in [2.45, 2.75) is 13.3 Å². The third kappa shape index (κ3) is 2.48. The maximum Gasteiger partial charge on any atom is 0.188 e. The normalized spacial score (nSPS) is 11.8. The standard InChI is InChI=1S/C10H8FNO2S/c1-2-8(13)7(4-12)10(14)6-3-9(11)15-5-6/h3,5,7H,2H2,1H3. The number of hydrogen-bond donors (Lipinski definition) is 0. The maximum atomic E-state index is 12.6. The number of hydrogen-bond acceptors (Lipinski definition) is 4. The van der Waals surface area contributed by atoms with Crippen LogP contribution in [0.25, 0.3) is 0 Å². The minimum Gasteiger partial charge on any atom is -0.298 e. The number of carbonyl (C=O) groups excluding carboxylic acids is 2. The van der Waals surface area contributed by atoms with E-state index in [2.05, 4.69) is 0 Å². The van der Waals surface area contributed by atoms with Gasteiger partial charge in [-0.15, -0.1) is 11.3 Å². The summed E-state index contributed by atoms with van der Waals surface area (Å²) < 4.78 is 12.6. The van der Waals surface area contributed by atoms with Crippen LogP contribution in [-0.4, -0.2) is 11.6 Å². The van der Waals surface area contributed by atoms with Gasteiger partial charge in [-0.1, -0.05) is 6.92 Å². The molecule has 1 aromatic rings. The monoisotopic (exact) mass is 225 g/mol. The van der Waals surface area contributed by atoms with Gasteiger partial charge in [0.1, 0.15) is 0 Å². The van der Waals surface area contributed by atoms with Gasteiger partial charge in [0.2, 0.25) is 0 Å². The minimum atomic E-state index is -1.30. The largest absolute Gasteiger partial charge is 0.298 e. The molecule has 0 aliphatic heterocycles. The summed E-state index contributed by atoms with van der Waals surface area (Å²) in [5.74, 6) is -2.36. The Morgan fingerprint density at radius 1 is 1.67 bits per heavy atom. The number of Topliss-reactive ketones (excluding diaryl/α,β-unsaturated/α-hetero) is 2. The van der Waals surface area contributed by atoms with Crippen molar-refractivity contribution in [2.75, 3.05) is 0 Å². The Morgan fingerprint density at radius 3 is 2.73 bits per heavy atom. The van der Waals surface area contributed by atoms with E-state index in [1.807, 2.05) is 0 Å². The van der Waals surface area contributed by atoms with Crippen molar-refractivity contribution < 1.29 is 14.0 Å². The predicted octanol–water partition coefficient (Wildman–Crippen LogP) is 2.19. The third-order valence-electron chi connectivity index (χ3n) is 1.91. The molecule has 3 nitrogen and oxygen atoms in total. The van der Waals surface area contributed by atoms with Gasteiger partial charge in [-0.2, -0.15) is 9.65 Å². The lowest BCUT2D eigenvalue weighted by Gasteiger charge is -2.02. The average Bonchev–Trinajstić information content (AvgIpc) is 2.65. The van der Waals surface area contributed by atoms with Gasteiger partial charge < -0.3 is 0 Å². The predicted molar refractivity (Wildman–Crippen MR) is 53.0 cm³/mol. The maximum absolute atomic E-state index is 12.6. The summed E-state index contributed by atoms with van der Waals surface area (Å²) in [7, 11) is 0. The van der Waals surface area contributed by atoms with Crippen molar-refractivity contribution in [3.05, 3.63) is 22.1 Å². The van der Waals surface area contributed by atoms with E-state index < -0.39 is 22.6 Å². The Balaban J connectivity index is 2.93. The van der Waals surface area contributed by atoms with Crippen LogP contribution in [-0.2, 0) is 4.79 Å². The van der Waals surface area contributed by atoms with Gasteiger partial charge in [-0.25, -0.2) is 0 Å². The SMILES string of the molecule is CCC(=O)C(C#N)C(=O)c1csc(F)c1. The molecule has 0 N–H and O–H groups in total. The van der Waals surface area contributed by atoms with Crippen LogP contribution in [0.5, 0.6) is 0 Å². The molecule has 0 saturated carbocycles. The Labute approximate surface area is 90.1 Å². The van der Waals surface area contributed by atoms with E-state index in [1.54, 1.807) is 13.0 Å². The lowest BCUT2D eigenvalue weighted by molar-refractivity contribution is -0.119. The fraction of sp³-hybridized carbons (Fsp3) is 0.300. The summed E-state index contributed by atoms with van der Waals surface area (Å²) in [6.45, 7) is 1.58. The molecule has 1 rings (SSSR count). The lowest BCUT2D eigenvalue weighted by Crippen LogP contribution is -2.21. The van der Waals surface area contributed by atoms with Crippen molar-refractivity contribution in [1.29, 1.82) is 5.26 Å². The Kier molecular flexibility index (Phi) is 3.69. The molecule has 0 bridgehead atoms. The summed E-state index contributed by atoms with van der Waals surface area (Å²) in [6.07, 6.45) is 0.122. The van der Waals surface area contributed by atoms with Gasteiger partial charge in [-0.05, 0) is 6.07 Å². The highest BCUT2D eigenvalue weighted by Gasteiger charge is 2.26. The van der Waals surface area contributed by atoms with E-state index in [4.69, 9.17) is 5.26 Å². The van der Waals surface area contributed by atoms with Gasteiger partial charge in [0.05, 0.1) is 6.07 Å². The summed E-state index contributed by atoms with van der Waals surface area (Å²) in [5.41, 5.74) is 0.0888. The summed E-state index contributed by atoms with van der Waals surface area (Å²) in [6, 6.07) is 2.69. The van der Waals surface area contributed by atoms with Crippen LogP contribution in [0.15, 0.2) is 11.4 Å². The molecule has 5 heteroatoms. The van der Waals surface area contributed by atoms with Gasteiger partial charge in [0.15, 0.2) is 22.6 Å². The fourth-order valence-corrected chi connectivity index (χ4v) is 1.71. The molecule has 1 atom stereocenters. The van der Waals surface area contributed by atoms with Crippen molar-refractivity contribution in [3.8, 4) is 6.07 Å². The van der Waals surface area contributed by atoms with Crippen LogP contribution < -0.4 is 0 Å². The van der Waals surface area contributed by atoms with E-state index >= 15 is 0 Å². The number of rotatable bonds is 4. The lowest BCUT2D eigenvalue weighted by atomic mass is 9.95. The zero-order valence-electron chi connectivity index (χ0n) is 7.99. The molecule has 78 valence electrons. The highest BCUT2D eigenvalue weighted by atomic mass is 32.1. The number of thiophene rings is 1. The molecular weight excluding hydrogens is 217 g/mol. The first-order valence-corrected chi connectivity index (χ1v) is 5.18. The molecule has 0 saturated heterocycles. The summed E-state index contributed by atoms with van der Waals surface area (Å²) in [5, 5.41) is 9.49. The van der Waals surface area contributed by atoms with Crippen molar-refractivity contribution >= 4 is 22.9 Å². The van der Waals surface area contributed by atoms with E-state index in [-0.39, 0.29) is 12.0 Å². The van der Waals surface area contributed by atoms with Crippen molar-refractivity contribution in [2.24, 2.45) is 5.92 Å². The van der Waals surface area contributed by atoms with Crippen LogP contribution in [0.3, 0.4) is 0 Å². The Hall–Kier alpha value is -1.54. The minimum absolute atomic E-state index is 0.0888. The molecule has 0 fully saturated rings. The second-order valence-corrected chi connectivity index (χ2v) is 3.75. The highest BCUT2D eigenvalue weighted by Crippen LogP contribution is 2.17. The zero-order chi connectivity index (χ0) is 11.4. The van der Waals surface area contributed by atoms with E-state index in [0.29, 0.717) is 0 Å². The Morgan fingerprint density at radius 2 is 2.33 bits per heavy atom. The molecular formula is C10H8FNO2S. The molecule has 0 radical (unpaired) electrons. The van der Waals surface area contributed by atoms with Crippen molar-refractivity contribution in [1.82, 2.24) is 0 Å².